The van der Waals surface area contributed by atoms with Crippen LogP contribution in [0.25, 0.3) is 0 Å². The third-order valence-electron chi connectivity index (χ3n) is 8.04. The average molecular weight is 409 g/mol. The molecule has 30 heavy (non-hydrogen) atoms. The summed E-state index contributed by atoms with van der Waals surface area (Å²) in [6.45, 7) is 6.35. The molecule has 1 aromatic carbocycles. The fourth-order valence-corrected chi connectivity index (χ4v) is 6.77. The Hall–Kier alpha value is -2.30. The van der Waals surface area contributed by atoms with Crippen LogP contribution >= 0.6 is 0 Å². The van der Waals surface area contributed by atoms with E-state index in [9.17, 15) is 4.79 Å². The van der Waals surface area contributed by atoms with Crippen molar-refractivity contribution in [2.75, 3.05) is 0 Å². The van der Waals surface area contributed by atoms with Crippen molar-refractivity contribution in [3.63, 3.8) is 0 Å². The number of nitrogens with one attached hydrogen (secondary N) is 1. The summed E-state index contributed by atoms with van der Waals surface area (Å²) in [6.07, 6.45) is 8.09. The molecular formula is C25H32N2O3. The second kappa shape index (κ2) is 7.44. The molecule has 1 atom stereocenters. The lowest BCUT2D eigenvalue weighted by atomic mass is 9.48. The molecule has 4 aliphatic rings. The van der Waals surface area contributed by atoms with Crippen LogP contribution in [-0.2, 0) is 6.61 Å². The zero-order chi connectivity index (χ0) is 20.9. The smallest absolute Gasteiger partial charge is 0.255 e. The van der Waals surface area contributed by atoms with E-state index in [2.05, 4.69) is 17.4 Å². The van der Waals surface area contributed by atoms with Crippen LogP contribution in [0, 0.1) is 37.0 Å². The molecule has 0 saturated heterocycles. The lowest BCUT2D eigenvalue weighted by molar-refractivity contribution is -0.0688. The summed E-state index contributed by atoms with van der Waals surface area (Å²) in [5.74, 6) is 3.95. The van der Waals surface area contributed by atoms with Gasteiger partial charge in [-0.3, -0.25) is 4.79 Å². The van der Waals surface area contributed by atoms with Gasteiger partial charge in [0, 0.05) is 6.04 Å². The molecule has 160 valence electrons. The molecule has 1 N–H and O–H groups in total. The van der Waals surface area contributed by atoms with Crippen LogP contribution in [0.3, 0.4) is 0 Å². The topological polar surface area (TPSA) is 64.4 Å². The molecule has 1 heterocycles. The van der Waals surface area contributed by atoms with Crippen molar-refractivity contribution in [1.29, 1.82) is 0 Å². The van der Waals surface area contributed by atoms with E-state index in [0.29, 0.717) is 17.9 Å². The maximum atomic E-state index is 13.2. The molecule has 1 amide bonds. The summed E-state index contributed by atoms with van der Waals surface area (Å²) in [5.41, 5.74) is 2.65. The lowest BCUT2D eigenvalue weighted by Crippen LogP contribution is -2.55. The minimum atomic E-state index is -0.0346. The number of carbonyl (C=O) groups is 1. The van der Waals surface area contributed by atoms with Gasteiger partial charge in [-0.05, 0) is 94.6 Å². The van der Waals surface area contributed by atoms with Crippen molar-refractivity contribution in [3.8, 4) is 5.75 Å². The molecule has 0 aliphatic heterocycles. The quantitative estimate of drug-likeness (QED) is 0.713. The predicted octanol–water partition coefficient (Wildman–Crippen LogP) is 5.21. The number of aromatic nitrogens is 1. The largest absolute Gasteiger partial charge is 0.488 e. The van der Waals surface area contributed by atoms with Crippen LogP contribution in [0.1, 0.15) is 72.8 Å². The number of aryl methyl sites for hydroxylation is 2. The molecule has 4 bridgehead atoms. The Kier molecular flexibility index (Phi) is 4.87. The Morgan fingerprint density at radius 2 is 1.80 bits per heavy atom. The third kappa shape index (κ3) is 3.42. The van der Waals surface area contributed by atoms with Crippen LogP contribution in [0.4, 0.5) is 0 Å². The molecule has 6 rings (SSSR count). The molecule has 4 saturated carbocycles. The summed E-state index contributed by atoms with van der Waals surface area (Å²) >= 11 is 0. The Bertz CT molecular complexity index is 893. The van der Waals surface area contributed by atoms with E-state index < -0.39 is 0 Å². The van der Waals surface area contributed by atoms with Crippen molar-refractivity contribution >= 4 is 5.91 Å². The number of hydrogen-bond donors (Lipinski definition) is 1. The second-order valence-electron chi connectivity index (χ2n) is 10.1. The Balaban J connectivity index is 1.30. The summed E-state index contributed by atoms with van der Waals surface area (Å²) in [7, 11) is 0. The molecule has 5 nitrogen and oxygen atoms in total. The van der Waals surface area contributed by atoms with Gasteiger partial charge in [-0.1, -0.05) is 17.3 Å². The van der Waals surface area contributed by atoms with Gasteiger partial charge < -0.3 is 14.6 Å². The zero-order valence-electron chi connectivity index (χ0n) is 18.2. The van der Waals surface area contributed by atoms with Crippen molar-refractivity contribution in [3.05, 3.63) is 46.8 Å². The number of carbonyl (C=O) groups excluding carboxylic acids is 1. The summed E-state index contributed by atoms with van der Waals surface area (Å²) in [5, 5.41) is 7.34. The second-order valence-corrected chi connectivity index (χ2v) is 10.1. The van der Waals surface area contributed by atoms with E-state index in [1.807, 2.05) is 38.1 Å². The van der Waals surface area contributed by atoms with Gasteiger partial charge in [0.15, 0.2) is 0 Å². The fraction of sp³-hybridized carbons (Fsp3) is 0.600. The number of benzene rings is 1. The van der Waals surface area contributed by atoms with E-state index in [0.717, 1.165) is 34.8 Å². The van der Waals surface area contributed by atoms with Gasteiger partial charge >= 0.3 is 0 Å². The van der Waals surface area contributed by atoms with Gasteiger partial charge in [-0.15, -0.1) is 0 Å². The third-order valence-corrected chi connectivity index (χ3v) is 8.04. The number of ether oxygens (including phenoxy) is 1. The SMILES string of the molecule is Cc1noc(C)c1COc1ccccc1C(=O)N[C@H](C)C12CC3CC(CC(C3)C1)C2. The highest BCUT2D eigenvalue weighted by molar-refractivity contribution is 5.97. The number of amides is 1. The number of nitrogens with zero attached hydrogens (tertiary/aromatic N) is 1. The average Bonchev–Trinajstić information content (AvgIpc) is 3.03. The van der Waals surface area contributed by atoms with E-state index in [1.54, 1.807) is 0 Å². The first kappa shape index (κ1) is 19.7. The monoisotopic (exact) mass is 408 g/mol. The first-order chi connectivity index (χ1) is 14.4. The van der Waals surface area contributed by atoms with Crippen LogP contribution in [-0.4, -0.2) is 17.1 Å². The molecule has 2 aromatic rings. The highest BCUT2D eigenvalue weighted by Crippen LogP contribution is 2.61. The van der Waals surface area contributed by atoms with E-state index in [1.165, 1.54) is 38.5 Å². The number of para-hydroxylation sites is 1. The Labute approximate surface area is 178 Å². The number of rotatable bonds is 6. The fourth-order valence-electron chi connectivity index (χ4n) is 6.77. The van der Waals surface area contributed by atoms with Crippen molar-refractivity contribution in [2.24, 2.45) is 23.2 Å². The van der Waals surface area contributed by atoms with Crippen molar-refractivity contribution < 1.29 is 14.1 Å². The van der Waals surface area contributed by atoms with Gasteiger partial charge in [0.1, 0.15) is 18.1 Å². The molecular weight excluding hydrogens is 376 g/mol. The van der Waals surface area contributed by atoms with Gasteiger partial charge in [-0.2, -0.15) is 0 Å². The summed E-state index contributed by atoms with van der Waals surface area (Å²) in [4.78, 5) is 13.2. The van der Waals surface area contributed by atoms with Crippen molar-refractivity contribution in [1.82, 2.24) is 10.5 Å². The normalized spacial score (nSPS) is 30.3. The summed E-state index contributed by atoms with van der Waals surface area (Å²) < 4.78 is 11.3. The van der Waals surface area contributed by atoms with Crippen LogP contribution in [0.15, 0.2) is 28.8 Å². The van der Waals surface area contributed by atoms with E-state index in [4.69, 9.17) is 9.26 Å². The molecule has 1 aromatic heterocycles. The van der Waals surface area contributed by atoms with Gasteiger partial charge in [0.2, 0.25) is 0 Å². The molecule has 0 radical (unpaired) electrons. The maximum absolute atomic E-state index is 13.2. The first-order valence-corrected chi connectivity index (χ1v) is 11.4. The predicted molar refractivity (Wildman–Crippen MR) is 114 cm³/mol. The van der Waals surface area contributed by atoms with Crippen molar-refractivity contribution in [2.45, 2.75) is 71.9 Å². The zero-order valence-corrected chi connectivity index (χ0v) is 18.2. The van der Waals surface area contributed by atoms with Gasteiger partial charge in [-0.25, -0.2) is 0 Å². The Morgan fingerprint density at radius 3 is 2.40 bits per heavy atom. The minimum Gasteiger partial charge on any atom is -0.488 e. The molecule has 0 spiro atoms. The molecule has 4 fully saturated rings. The Morgan fingerprint density at radius 1 is 1.17 bits per heavy atom. The molecule has 0 unspecified atom stereocenters. The molecule has 5 heteroatoms. The standard InChI is InChI=1S/C25H32N2O3/c1-15-22(16(2)30-27-15)14-29-23-7-5-4-6-21(23)24(28)26-17(3)25-11-18-8-19(12-25)10-20(9-18)13-25/h4-7,17-20H,8-14H2,1-3H3,(H,26,28)/t17-,18?,19?,20?,25?/m1/s1. The highest BCUT2D eigenvalue weighted by Gasteiger charge is 2.53. The minimum absolute atomic E-state index is 0.0346. The van der Waals surface area contributed by atoms with Gasteiger partial charge in [0.05, 0.1) is 16.8 Å². The van der Waals surface area contributed by atoms with Gasteiger partial charge in [0.25, 0.3) is 5.91 Å². The van der Waals surface area contributed by atoms with Crippen LogP contribution < -0.4 is 10.1 Å². The summed E-state index contributed by atoms with van der Waals surface area (Å²) in [6, 6.07) is 7.70. The maximum Gasteiger partial charge on any atom is 0.255 e. The first-order valence-electron chi connectivity index (χ1n) is 11.4. The van der Waals surface area contributed by atoms with E-state index >= 15 is 0 Å². The molecule has 4 aliphatic carbocycles. The lowest BCUT2D eigenvalue weighted by Gasteiger charge is -2.59. The van der Waals surface area contributed by atoms with Crippen LogP contribution in [0.5, 0.6) is 5.75 Å². The number of hydrogen-bond acceptors (Lipinski definition) is 4. The highest BCUT2D eigenvalue weighted by atomic mass is 16.5. The van der Waals surface area contributed by atoms with Crippen LogP contribution in [0.2, 0.25) is 0 Å². The van der Waals surface area contributed by atoms with E-state index in [-0.39, 0.29) is 17.4 Å².